The Kier molecular flexibility index (Phi) is 4.48. The molecule has 8 heteroatoms. The van der Waals surface area contributed by atoms with Gasteiger partial charge in [0.2, 0.25) is 0 Å². The fraction of sp³-hybridized carbons (Fsp3) is 0.375. The predicted molar refractivity (Wildman–Crippen MR) is 94.5 cm³/mol. The molecule has 0 aromatic carbocycles. The second kappa shape index (κ2) is 6.56. The highest BCUT2D eigenvalue weighted by atomic mass is 32.1. The van der Waals surface area contributed by atoms with Gasteiger partial charge in [-0.15, -0.1) is 11.3 Å². The van der Waals surface area contributed by atoms with Gasteiger partial charge in [-0.2, -0.15) is 5.10 Å². The van der Waals surface area contributed by atoms with Crippen molar-refractivity contribution in [1.29, 1.82) is 0 Å². The van der Waals surface area contributed by atoms with Gasteiger partial charge in [-0.1, -0.05) is 6.92 Å². The van der Waals surface area contributed by atoms with Gasteiger partial charge >= 0.3 is 6.03 Å². The van der Waals surface area contributed by atoms with Gasteiger partial charge in [-0.3, -0.25) is 0 Å². The molecule has 126 valence electrons. The van der Waals surface area contributed by atoms with Crippen molar-refractivity contribution in [1.82, 2.24) is 24.9 Å². The van der Waals surface area contributed by atoms with Crippen LogP contribution in [0.4, 0.5) is 10.5 Å². The Balaban J connectivity index is 1.76. The Morgan fingerprint density at radius 2 is 2.12 bits per heavy atom. The van der Waals surface area contributed by atoms with E-state index in [0.29, 0.717) is 17.2 Å². The standard InChI is InChI=1S/C16H20N6OS/c1-5-12(15-17-9(2)10(3)24-15)19-16(23)20-13-7-6-8-22-14(13)18-11(4)21-22/h6-8,12H,5H2,1-4H3,(H2,19,20,23)/t12-/m1/s1. The molecule has 2 amide bonds. The summed E-state index contributed by atoms with van der Waals surface area (Å²) in [5.41, 5.74) is 2.26. The quantitative estimate of drug-likeness (QED) is 0.760. The average Bonchev–Trinajstić information content (AvgIpc) is 3.07. The van der Waals surface area contributed by atoms with Crippen molar-refractivity contribution >= 4 is 28.7 Å². The Morgan fingerprint density at radius 3 is 2.79 bits per heavy atom. The van der Waals surface area contributed by atoms with Crippen LogP contribution < -0.4 is 10.6 Å². The molecule has 1 atom stereocenters. The van der Waals surface area contributed by atoms with E-state index in [1.807, 2.05) is 39.8 Å². The number of carbonyl (C=O) groups is 1. The van der Waals surface area contributed by atoms with Crippen molar-refractivity contribution in [3.05, 3.63) is 39.7 Å². The van der Waals surface area contributed by atoms with Crippen LogP contribution in [0.2, 0.25) is 0 Å². The van der Waals surface area contributed by atoms with Gasteiger partial charge in [0.15, 0.2) is 5.65 Å². The van der Waals surface area contributed by atoms with Gasteiger partial charge in [0.05, 0.1) is 17.4 Å². The maximum atomic E-state index is 12.4. The first kappa shape index (κ1) is 16.4. The maximum Gasteiger partial charge on any atom is 0.319 e. The molecule has 0 fully saturated rings. The number of anilines is 1. The minimum absolute atomic E-state index is 0.110. The number of carbonyl (C=O) groups excluding carboxylic acids is 1. The third-order valence-electron chi connectivity index (χ3n) is 3.77. The molecule has 0 saturated heterocycles. The number of pyridine rings is 1. The van der Waals surface area contributed by atoms with E-state index in [4.69, 9.17) is 0 Å². The summed E-state index contributed by atoms with van der Waals surface area (Å²) in [5, 5.41) is 11.0. The van der Waals surface area contributed by atoms with Gasteiger partial charge in [0.1, 0.15) is 10.8 Å². The lowest BCUT2D eigenvalue weighted by molar-refractivity contribution is 0.248. The van der Waals surface area contributed by atoms with Gasteiger partial charge in [-0.05, 0) is 39.3 Å². The molecule has 3 rings (SSSR count). The molecule has 3 aromatic heterocycles. The average molecular weight is 344 g/mol. The first-order valence-corrected chi connectivity index (χ1v) is 8.63. The van der Waals surface area contributed by atoms with Crippen molar-refractivity contribution in [3.63, 3.8) is 0 Å². The number of urea groups is 1. The smallest absolute Gasteiger partial charge is 0.319 e. The third-order valence-corrected chi connectivity index (χ3v) is 4.96. The van der Waals surface area contributed by atoms with Crippen LogP contribution >= 0.6 is 11.3 Å². The van der Waals surface area contributed by atoms with Crippen molar-refractivity contribution in [2.24, 2.45) is 0 Å². The van der Waals surface area contributed by atoms with E-state index in [2.05, 4.69) is 25.7 Å². The molecule has 3 heterocycles. The molecule has 7 nitrogen and oxygen atoms in total. The number of aromatic nitrogens is 4. The van der Waals surface area contributed by atoms with E-state index >= 15 is 0 Å². The molecule has 0 radical (unpaired) electrons. The van der Waals surface area contributed by atoms with Gasteiger partial charge < -0.3 is 10.6 Å². The van der Waals surface area contributed by atoms with Crippen molar-refractivity contribution in [3.8, 4) is 0 Å². The van der Waals surface area contributed by atoms with Crippen molar-refractivity contribution < 1.29 is 4.79 Å². The van der Waals surface area contributed by atoms with E-state index in [9.17, 15) is 4.79 Å². The van der Waals surface area contributed by atoms with E-state index in [0.717, 1.165) is 17.1 Å². The lowest BCUT2D eigenvalue weighted by atomic mass is 10.2. The number of amides is 2. The molecule has 0 aliphatic rings. The van der Waals surface area contributed by atoms with E-state index < -0.39 is 0 Å². The molecular formula is C16H20N6OS. The lowest BCUT2D eigenvalue weighted by Crippen LogP contribution is -2.32. The summed E-state index contributed by atoms with van der Waals surface area (Å²) < 4.78 is 1.65. The molecule has 3 aromatic rings. The number of fused-ring (bicyclic) bond motifs is 1. The molecule has 0 aliphatic carbocycles. The third kappa shape index (κ3) is 3.23. The normalized spacial score (nSPS) is 12.3. The van der Waals surface area contributed by atoms with Crippen molar-refractivity contribution in [2.75, 3.05) is 5.32 Å². The molecule has 24 heavy (non-hydrogen) atoms. The van der Waals surface area contributed by atoms with Crippen LogP contribution in [0.1, 0.15) is 40.8 Å². The second-order valence-electron chi connectivity index (χ2n) is 5.60. The Labute approximate surface area is 144 Å². The number of hydrogen-bond acceptors (Lipinski definition) is 5. The van der Waals surface area contributed by atoms with Gasteiger partial charge in [0, 0.05) is 11.1 Å². The highest BCUT2D eigenvalue weighted by molar-refractivity contribution is 7.11. The van der Waals surface area contributed by atoms with Crippen LogP contribution in [-0.4, -0.2) is 25.6 Å². The molecule has 0 spiro atoms. The van der Waals surface area contributed by atoms with Crippen molar-refractivity contribution in [2.45, 2.75) is 40.2 Å². The first-order chi connectivity index (χ1) is 11.5. The number of aryl methyl sites for hydroxylation is 3. The van der Waals surface area contributed by atoms with Crippen LogP contribution in [0.15, 0.2) is 18.3 Å². The fourth-order valence-corrected chi connectivity index (χ4v) is 3.47. The minimum Gasteiger partial charge on any atom is -0.329 e. The van der Waals surface area contributed by atoms with E-state index in [-0.39, 0.29) is 12.1 Å². The summed E-state index contributed by atoms with van der Waals surface area (Å²) in [6.07, 6.45) is 2.57. The summed E-state index contributed by atoms with van der Waals surface area (Å²) in [4.78, 5) is 22.5. The summed E-state index contributed by atoms with van der Waals surface area (Å²) >= 11 is 1.62. The largest absolute Gasteiger partial charge is 0.329 e. The zero-order chi connectivity index (χ0) is 17.3. The number of hydrogen-bond donors (Lipinski definition) is 2. The topological polar surface area (TPSA) is 84.2 Å². The van der Waals surface area contributed by atoms with Crippen LogP contribution in [-0.2, 0) is 0 Å². The Bertz CT molecular complexity index is 864. The SMILES string of the molecule is CC[C@@H](NC(=O)Nc1cccn2nc(C)nc12)c1nc(C)c(C)s1. The molecule has 0 unspecified atom stereocenters. The second-order valence-corrected chi connectivity index (χ2v) is 6.84. The number of thiazole rings is 1. The van der Waals surface area contributed by atoms with Gasteiger partial charge in [-0.25, -0.2) is 19.3 Å². The molecule has 0 aliphatic heterocycles. The zero-order valence-corrected chi connectivity index (χ0v) is 14.9. The number of rotatable bonds is 4. The summed E-state index contributed by atoms with van der Waals surface area (Å²) in [7, 11) is 0. The van der Waals surface area contributed by atoms with E-state index in [1.54, 1.807) is 22.0 Å². The first-order valence-electron chi connectivity index (χ1n) is 7.81. The minimum atomic E-state index is -0.277. The Morgan fingerprint density at radius 1 is 1.33 bits per heavy atom. The Hall–Kier alpha value is -2.48. The maximum absolute atomic E-state index is 12.4. The zero-order valence-electron chi connectivity index (χ0n) is 14.1. The molecule has 0 bridgehead atoms. The summed E-state index contributed by atoms with van der Waals surface area (Å²) in [6.45, 7) is 7.87. The van der Waals surface area contributed by atoms with Crippen LogP contribution in [0.25, 0.3) is 5.65 Å². The number of nitrogens with one attached hydrogen (secondary N) is 2. The van der Waals surface area contributed by atoms with Crippen LogP contribution in [0, 0.1) is 20.8 Å². The predicted octanol–water partition coefficient (Wildman–Crippen LogP) is 3.38. The van der Waals surface area contributed by atoms with Crippen LogP contribution in [0.5, 0.6) is 0 Å². The summed E-state index contributed by atoms with van der Waals surface area (Å²) in [5.74, 6) is 0.657. The molecule has 2 N–H and O–H groups in total. The van der Waals surface area contributed by atoms with E-state index in [1.165, 1.54) is 4.88 Å². The fourth-order valence-electron chi connectivity index (χ4n) is 2.41. The number of nitrogens with zero attached hydrogens (tertiary/aromatic N) is 4. The highest BCUT2D eigenvalue weighted by Crippen LogP contribution is 2.25. The van der Waals surface area contributed by atoms with Crippen LogP contribution in [0.3, 0.4) is 0 Å². The highest BCUT2D eigenvalue weighted by Gasteiger charge is 2.18. The lowest BCUT2D eigenvalue weighted by Gasteiger charge is -2.15. The summed E-state index contributed by atoms with van der Waals surface area (Å²) in [6, 6.07) is 3.24. The van der Waals surface area contributed by atoms with Gasteiger partial charge in [0.25, 0.3) is 0 Å². The molecule has 0 saturated carbocycles. The monoisotopic (exact) mass is 344 g/mol. The molecular weight excluding hydrogens is 324 g/mol.